The number of nitrogens with zero attached hydrogens (tertiary/aromatic N) is 4. The number of urea groups is 1. The highest BCUT2D eigenvalue weighted by Crippen LogP contribution is 2.21. The topological polar surface area (TPSA) is 92.5 Å². The van der Waals surface area contributed by atoms with Crippen molar-refractivity contribution in [3.05, 3.63) is 36.4 Å². The van der Waals surface area contributed by atoms with Gasteiger partial charge in [-0.05, 0) is 24.1 Å². The van der Waals surface area contributed by atoms with E-state index in [0.717, 1.165) is 23.4 Å². The Balaban J connectivity index is 1.78. The van der Waals surface area contributed by atoms with Crippen LogP contribution in [-0.4, -0.2) is 63.7 Å². The first-order valence-electron chi connectivity index (χ1n) is 8.43. The summed E-state index contributed by atoms with van der Waals surface area (Å²) in [5.74, 6) is -0.0535. The lowest BCUT2D eigenvalue weighted by Crippen LogP contribution is -2.39. The third-order valence-corrected chi connectivity index (χ3v) is 4.32. The summed E-state index contributed by atoms with van der Waals surface area (Å²) < 4.78 is 7.23. The molecular weight excluding hydrogens is 322 g/mol. The molecule has 0 radical (unpaired) electrons. The van der Waals surface area contributed by atoms with Crippen LogP contribution in [0, 0.1) is 5.92 Å². The van der Waals surface area contributed by atoms with Crippen LogP contribution in [0.1, 0.15) is 12.5 Å². The maximum atomic E-state index is 12.7. The minimum absolute atomic E-state index is 0.00705. The second-order valence-corrected chi connectivity index (χ2v) is 6.06. The molecule has 8 heteroatoms. The lowest BCUT2D eigenvalue weighted by Gasteiger charge is -2.24. The molecule has 0 spiro atoms. The van der Waals surface area contributed by atoms with Crippen molar-refractivity contribution in [3.63, 3.8) is 0 Å². The number of anilines is 1. The Morgan fingerprint density at radius 1 is 1.40 bits per heavy atom. The summed E-state index contributed by atoms with van der Waals surface area (Å²) in [6.07, 6.45) is 4.04. The molecule has 0 aliphatic carbocycles. The third kappa shape index (κ3) is 4.15. The number of carbonyl (C=O) groups is 1. The molecule has 1 aliphatic rings. The highest BCUT2D eigenvalue weighted by molar-refractivity contribution is 5.90. The van der Waals surface area contributed by atoms with Gasteiger partial charge in [-0.1, -0.05) is 13.0 Å². The van der Waals surface area contributed by atoms with Gasteiger partial charge in [-0.3, -0.25) is 4.57 Å². The molecule has 134 valence electrons. The van der Waals surface area contributed by atoms with Gasteiger partial charge in [-0.15, -0.1) is 10.2 Å². The van der Waals surface area contributed by atoms with Gasteiger partial charge in [-0.2, -0.15) is 0 Å². The zero-order valence-electron chi connectivity index (χ0n) is 14.3. The molecule has 0 saturated carbocycles. The summed E-state index contributed by atoms with van der Waals surface area (Å²) in [7, 11) is 0. The normalized spacial score (nSPS) is 18.0. The van der Waals surface area contributed by atoms with Crippen LogP contribution in [0.25, 0.3) is 5.69 Å². The molecule has 25 heavy (non-hydrogen) atoms. The first-order chi connectivity index (χ1) is 12.2. The van der Waals surface area contributed by atoms with E-state index in [1.165, 1.54) is 0 Å². The highest BCUT2D eigenvalue weighted by atomic mass is 16.5. The van der Waals surface area contributed by atoms with Gasteiger partial charge < -0.3 is 20.1 Å². The molecule has 2 heterocycles. The highest BCUT2D eigenvalue weighted by Gasteiger charge is 2.22. The van der Waals surface area contributed by atoms with E-state index in [1.807, 2.05) is 25.1 Å². The Bertz CT molecular complexity index is 704. The zero-order valence-corrected chi connectivity index (χ0v) is 14.3. The molecule has 1 fully saturated rings. The van der Waals surface area contributed by atoms with Crippen LogP contribution in [0.3, 0.4) is 0 Å². The molecule has 1 saturated heterocycles. The predicted octanol–water partition coefficient (Wildman–Crippen LogP) is 1.30. The summed E-state index contributed by atoms with van der Waals surface area (Å²) >= 11 is 0. The van der Waals surface area contributed by atoms with Crippen LogP contribution in [0.15, 0.2) is 30.9 Å². The average molecular weight is 345 g/mol. The molecule has 1 aromatic carbocycles. The number of aryl methyl sites for hydroxylation is 1. The fourth-order valence-corrected chi connectivity index (χ4v) is 2.85. The largest absolute Gasteiger partial charge is 0.396 e. The van der Waals surface area contributed by atoms with Crippen LogP contribution < -0.4 is 5.32 Å². The van der Waals surface area contributed by atoms with Crippen LogP contribution in [0.4, 0.5) is 10.5 Å². The molecule has 2 N–H and O–H groups in total. The Morgan fingerprint density at radius 3 is 2.92 bits per heavy atom. The lowest BCUT2D eigenvalue weighted by atomic mass is 10.1. The van der Waals surface area contributed by atoms with E-state index < -0.39 is 0 Å². The average Bonchev–Trinajstić information content (AvgIpc) is 3.06. The van der Waals surface area contributed by atoms with Crippen molar-refractivity contribution in [2.75, 3.05) is 38.2 Å². The van der Waals surface area contributed by atoms with Crippen LogP contribution in [0.5, 0.6) is 0 Å². The SMILES string of the molecule is CCc1ccc(-n2cnnc2)cc1NC(=O)N1CCOC[C@H](CO)C1. The lowest BCUT2D eigenvalue weighted by molar-refractivity contribution is 0.0958. The quantitative estimate of drug-likeness (QED) is 0.871. The molecule has 2 amide bonds. The molecule has 1 aliphatic heterocycles. The Kier molecular flexibility index (Phi) is 5.62. The van der Waals surface area contributed by atoms with Crippen molar-refractivity contribution < 1.29 is 14.6 Å². The van der Waals surface area contributed by atoms with Crippen molar-refractivity contribution in [1.29, 1.82) is 0 Å². The first kappa shape index (κ1) is 17.4. The number of hydrogen-bond donors (Lipinski definition) is 2. The second-order valence-electron chi connectivity index (χ2n) is 6.06. The number of aliphatic hydroxyl groups excluding tert-OH is 1. The fraction of sp³-hybridized carbons (Fsp3) is 0.471. The fourth-order valence-electron chi connectivity index (χ4n) is 2.85. The number of aromatic nitrogens is 3. The van der Waals surface area contributed by atoms with Gasteiger partial charge in [-0.25, -0.2) is 4.79 Å². The minimum atomic E-state index is -0.181. The zero-order chi connectivity index (χ0) is 17.6. The molecule has 1 aromatic heterocycles. The van der Waals surface area contributed by atoms with Crippen LogP contribution >= 0.6 is 0 Å². The van der Waals surface area contributed by atoms with Crippen molar-refractivity contribution >= 4 is 11.7 Å². The summed E-state index contributed by atoms with van der Waals surface area (Å²) in [4.78, 5) is 14.4. The summed E-state index contributed by atoms with van der Waals surface area (Å²) in [6.45, 7) is 4.00. The van der Waals surface area contributed by atoms with Gasteiger partial charge >= 0.3 is 6.03 Å². The summed E-state index contributed by atoms with van der Waals surface area (Å²) in [5, 5.41) is 20.0. The minimum Gasteiger partial charge on any atom is -0.396 e. The molecule has 0 unspecified atom stereocenters. The Labute approximate surface area is 146 Å². The number of carbonyl (C=O) groups excluding carboxylic acids is 1. The molecule has 1 atom stereocenters. The van der Waals surface area contributed by atoms with Gasteiger partial charge in [0.05, 0.1) is 18.9 Å². The second kappa shape index (κ2) is 8.09. The van der Waals surface area contributed by atoms with Gasteiger partial charge in [0.1, 0.15) is 12.7 Å². The molecule has 0 bridgehead atoms. The van der Waals surface area contributed by atoms with E-state index in [0.29, 0.717) is 26.3 Å². The maximum absolute atomic E-state index is 12.7. The third-order valence-electron chi connectivity index (χ3n) is 4.32. The maximum Gasteiger partial charge on any atom is 0.321 e. The first-order valence-corrected chi connectivity index (χ1v) is 8.43. The number of hydrogen-bond acceptors (Lipinski definition) is 5. The van der Waals surface area contributed by atoms with E-state index in [9.17, 15) is 9.90 Å². The number of amides is 2. The van der Waals surface area contributed by atoms with Crippen molar-refractivity contribution in [2.24, 2.45) is 5.92 Å². The Hall–Kier alpha value is -2.45. The standard InChI is InChI=1S/C17H23N5O3/c1-2-14-3-4-15(22-11-18-19-12-22)7-16(14)20-17(24)21-5-6-25-10-13(8-21)9-23/h3-4,7,11-13,23H,2,5-6,8-10H2,1H3,(H,20,24)/t13-/m0/s1. The summed E-state index contributed by atoms with van der Waals surface area (Å²) in [6, 6.07) is 5.70. The van der Waals surface area contributed by atoms with E-state index >= 15 is 0 Å². The molecule has 8 nitrogen and oxygen atoms in total. The molecule has 3 rings (SSSR count). The number of benzene rings is 1. The monoisotopic (exact) mass is 345 g/mol. The van der Waals surface area contributed by atoms with E-state index in [2.05, 4.69) is 15.5 Å². The van der Waals surface area contributed by atoms with Crippen molar-refractivity contribution in [1.82, 2.24) is 19.7 Å². The van der Waals surface area contributed by atoms with E-state index in [-0.39, 0.29) is 18.6 Å². The molecular formula is C17H23N5O3. The Morgan fingerprint density at radius 2 is 2.20 bits per heavy atom. The van der Waals surface area contributed by atoms with Crippen molar-refractivity contribution in [2.45, 2.75) is 13.3 Å². The molecule has 2 aromatic rings. The van der Waals surface area contributed by atoms with Crippen LogP contribution in [-0.2, 0) is 11.2 Å². The smallest absolute Gasteiger partial charge is 0.321 e. The van der Waals surface area contributed by atoms with Gasteiger partial charge in [0.25, 0.3) is 0 Å². The summed E-state index contributed by atoms with van der Waals surface area (Å²) in [5.41, 5.74) is 2.70. The number of aliphatic hydroxyl groups is 1. The number of rotatable bonds is 4. The van der Waals surface area contributed by atoms with Crippen LogP contribution in [0.2, 0.25) is 0 Å². The number of nitrogens with one attached hydrogen (secondary N) is 1. The van der Waals surface area contributed by atoms with Gasteiger partial charge in [0.15, 0.2) is 0 Å². The van der Waals surface area contributed by atoms with E-state index in [4.69, 9.17) is 4.74 Å². The van der Waals surface area contributed by atoms with Gasteiger partial charge in [0, 0.05) is 31.3 Å². The van der Waals surface area contributed by atoms with E-state index in [1.54, 1.807) is 22.1 Å². The van der Waals surface area contributed by atoms with Crippen molar-refractivity contribution in [3.8, 4) is 5.69 Å². The predicted molar refractivity (Wildman–Crippen MR) is 92.7 cm³/mol. The van der Waals surface area contributed by atoms with Gasteiger partial charge in [0.2, 0.25) is 0 Å². The number of ether oxygens (including phenoxy) is 1.